The molecule has 0 bridgehead atoms. The number of nitrogens with one attached hydrogen (secondary N) is 1. The van der Waals surface area contributed by atoms with Gasteiger partial charge in [-0.15, -0.1) is 11.3 Å². The topological polar surface area (TPSA) is 75.7 Å². The fourth-order valence-corrected chi connectivity index (χ4v) is 4.11. The van der Waals surface area contributed by atoms with E-state index in [0.717, 1.165) is 24.0 Å². The van der Waals surface area contributed by atoms with Crippen LogP contribution in [0.5, 0.6) is 0 Å². The molecule has 2 amide bonds. The number of thiophene rings is 1. The molecular formula is C22H24N2O4S. The first-order chi connectivity index (χ1) is 14.0. The number of hydrogen-bond acceptors (Lipinski definition) is 5. The zero-order valence-electron chi connectivity index (χ0n) is 16.6. The lowest BCUT2D eigenvalue weighted by atomic mass is 10.0. The van der Waals surface area contributed by atoms with Crippen molar-refractivity contribution in [2.45, 2.75) is 26.7 Å². The van der Waals surface area contributed by atoms with Crippen LogP contribution in [0.2, 0.25) is 0 Å². The number of esters is 1. The molecule has 0 spiro atoms. The van der Waals surface area contributed by atoms with Crippen molar-refractivity contribution in [3.8, 4) is 11.1 Å². The number of allylic oxidation sites excluding steroid dienone is 1. The monoisotopic (exact) mass is 412 g/mol. The highest BCUT2D eigenvalue weighted by Crippen LogP contribution is 2.36. The van der Waals surface area contributed by atoms with E-state index in [0.29, 0.717) is 23.7 Å². The highest BCUT2D eigenvalue weighted by molar-refractivity contribution is 7.15. The number of likely N-dealkylation sites (tertiary alicyclic amines) is 1. The number of amides is 2. The molecule has 1 N–H and O–H groups in total. The predicted molar refractivity (Wildman–Crippen MR) is 114 cm³/mol. The Bertz CT molecular complexity index is 924. The molecule has 1 fully saturated rings. The van der Waals surface area contributed by atoms with Crippen molar-refractivity contribution in [1.29, 1.82) is 0 Å². The van der Waals surface area contributed by atoms with E-state index < -0.39 is 5.97 Å². The molecule has 2 aromatic rings. The van der Waals surface area contributed by atoms with Crippen LogP contribution in [0.4, 0.5) is 5.00 Å². The maximum atomic E-state index is 12.9. The summed E-state index contributed by atoms with van der Waals surface area (Å²) in [5.74, 6) is -1.12. The number of carbonyl (C=O) groups excluding carboxylic acids is 3. The third-order valence-electron chi connectivity index (χ3n) is 4.52. The largest absolute Gasteiger partial charge is 0.452 e. The summed E-state index contributed by atoms with van der Waals surface area (Å²) >= 11 is 1.26. The van der Waals surface area contributed by atoms with Crippen LogP contribution in [-0.2, 0) is 14.3 Å². The van der Waals surface area contributed by atoms with Crippen molar-refractivity contribution in [2.75, 3.05) is 25.0 Å². The third kappa shape index (κ3) is 5.32. The van der Waals surface area contributed by atoms with Crippen LogP contribution < -0.4 is 5.32 Å². The molecule has 1 aliphatic rings. The second-order valence-corrected chi connectivity index (χ2v) is 7.97. The second-order valence-electron chi connectivity index (χ2n) is 7.09. The molecule has 1 aromatic heterocycles. The number of carbonyl (C=O) groups is 3. The molecule has 1 aliphatic heterocycles. The Balaban J connectivity index is 1.83. The lowest BCUT2D eigenvalue weighted by Gasteiger charge is -2.15. The van der Waals surface area contributed by atoms with Gasteiger partial charge in [0, 0.05) is 30.1 Å². The van der Waals surface area contributed by atoms with Gasteiger partial charge in [0.25, 0.3) is 5.91 Å². The second kappa shape index (κ2) is 9.52. The molecule has 2 heterocycles. The van der Waals surface area contributed by atoms with Crippen molar-refractivity contribution in [3.05, 3.63) is 52.9 Å². The molecule has 0 saturated carbocycles. The van der Waals surface area contributed by atoms with Gasteiger partial charge in [-0.3, -0.25) is 9.59 Å². The van der Waals surface area contributed by atoms with Gasteiger partial charge in [0.15, 0.2) is 6.61 Å². The summed E-state index contributed by atoms with van der Waals surface area (Å²) in [6.07, 6.45) is 3.42. The minimum absolute atomic E-state index is 0.192. The number of ether oxygens (including phenoxy) is 1. The first-order valence-electron chi connectivity index (χ1n) is 9.53. The quantitative estimate of drug-likeness (QED) is 0.573. The smallest absolute Gasteiger partial charge is 0.342 e. The van der Waals surface area contributed by atoms with Crippen LogP contribution in [0.25, 0.3) is 11.1 Å². The molecular weight excluding hydrogens is 388 g/mol. The number of nitrogens with zero attached hydrogens (tertiary/aromatic N) is 1. The predicted octanol–water partition coefficient (Wildman–Crippen LogP) is 4.10. The van der Waals surface area contributed by atoms with Gasteiger partial charge < -0.3 is 15.0 Å². The minimum Gasteiger partial charge on any atom is -0.452 e. The Hall–Kier alpha value is -2.93. The molecule has 0 radical (unpaired) electrons. The van der Waals surface area contributed by atoms with Crippen LogP contribution in [-0.4, -0.2) is 42.4 Å². The van der Waals surface area contributed by atoms with E-state index in [2.05, 4.69) is 5.32 Å². The summed E-state index contributed by atoms with van der Waals surface area (Å²) in [6, 6.07) is 9.41. The first-order valence-corrected chi connectivity index (χ1v) is 10.4. The molecule has 0 unspecified atom stereocenters. The number of rotatable bonds is 6. The van der Waals surface area contributed by atoms with Gasteiger partial charge in [0.1, 0.15) is 10.6 Å². The fourth-order valence-electron chi connectivity index (χ4n) is 3.15. The summed E-state index contributed by atoms with van der Waals surface area (Å²) in [4.78, 5) is 39.0. The van der Waals surface area contributed by atoms with Gasteiger partial charge in [0.2, 0.25) is 5.91 Å². The van der Waals surface area contributed by atoms with E-state index in [4.69, 9.17) is 4.74 Å². The zero-order chi connectivity index (χ0) is 20.8. The van der Waals surface area contributed by atoms with E-state index >= 15 is 0 Å². The molecule has 1 aromatic carbocycles. The van der Waals surface area contributed by atoms with Crippen LogP contribution in [0.3, 0.4) is 0 Å². The molecule has 1 saturated heterocycles. The number of hydrogen-bond donors (Lipinski definition) is 1. The summed E-state index contributed by atoms with van der Waals surface area (Å²) in [7, 11) is 0. The summed E-state index contributed by atoms with van der Waals surface area (Å²) < 4.78 is 5.34. The van der Waals surface area contributed by atoms with Gasteiger partial charge >= 0.3 is 5.97 Å². The summed E-state index contributed by atoms with van der Waals surface area (Å²) in [5.41, 5.74) is 2.62. The van der Waals surface area contributed by atoms with Crippen molar-refractivity contribution < 1.29 is 19.1 Å². The van der Waals surface area contributed by atoms with E-state index in [-0.39, 0.29) is 24.0 Å². The Morgan fingerprint density at radius 2 is 1.83 bits per heavy atom. The zero-order valence-corrected chi connectivity index (χ0v) is 17.4. The molecule has 152 valence electrons. The Morgan fingerprint density at radius 1 is 1.14 bits per heavy atom. The van der Waals surface area contributed by atoms with E-state index in [9.17, 15) is 14.4 Å². The van der Waals surface area contributed by atoms with Crippen molar-refractivity contribution >= 4 is 34.1 Å². The van der Waals surface area contributed by atoms with Crippen molar-refractivity contribution in [2.24, 2.45) is 0 Å². The van der Waals surface area contributed by atoms with Gasteiger partial charge in [0.05, 0.1) is 0 Å². The maximum absolute atomic E-state index is 12.9. The van der Waals surface area contributed by atoms with Crippen LogP contribution in [0.1, 0.15) is 37.0 Å². The Morgan fingerprint density at radius 3 is 2.48 bits per heavy atom. The van der Waals surface area contributed by atoms with Crippen LogP contribution in [0, 0.1) is 0 Å². The van der Waals surface area contributed by atoms with Gasteiger partial charge in [-0.25, -0.2) is 4.79 Å². The van der Waals surface area contributed by atoms with Crippen LogP contribution >= 0.6 is 11.3 Å². The van der Waals surface area contributed by atoms with Crippen molar-refractivity contribution in [3.63, 3.8) is 0 Å². The molecule has 3 rings (SSSR count). The lowest BCUT2D eigenvalue weighted by molar-refractivity contribution is -0.133. The molecule has 29 heavy (non-hydrogen) atoms. The Kier molecular flexibility index (Phi) is 6.82. The number of anilines is 1. The summed E-state index contributed by atoms with van der Waals surface area (Å²) in [5, 5.41) is 4.98. The van der Waals surface area contributed by atoms with Crippen LogP contribution in [0.15, 0.2) is 47.4 Å². The molecule has 7 heteroatoms. The third-order valence-corrected chi connectivity index (χ3v) is 5.42. The minimum atomic E-state index is -0.620. The summed E-state index contributed by atoms with van der Waals surface area (Å²) in [6.45, 7) is 4.75. The average molecular weight is 413 g/mol. The maximum Gasteiger partial charge on any atom is 0.342 e. The fraction of sp³-hybridized carbons (Fsp3) is 0.318. The van der Waals surface area contributed by atoms with E-state index in [1.54, 1.807) is 4.90 Å². The SMILES string of the molecule is CC(C)=CC(=O)Nc1scc(-c2ccccc2)c1C(=O)OCC(=O)N1CCCC1. The molecule has 0 aliphatic carbocycles. The number of benzene rings is 1. The van der Waals surface area contributed by atoms with Crippen molar-refractivity contribution in [1.82, 2.24) is 4.90 Å². The first kappa shape index (κ1) is 20.8. The lowest BCUT2D eigenvalue weighted by Crippen LogP contribution is -2.32. The van der Waals surface area contributed by atoms with Gasteiger partial charge in [-0.1, -0.05) is 35.9 Å². The Labute approximate surface area is 174 Å². The standard InChI is InChI=1S/C22H24N2O4S/c1-15(2)12-18(25)23-21-20(17(14-29-21)16-8-4-3-5-9-16)22(27)28-13-19(26)24-10-6-7-11-24/h3-5,8-9,12,14H,6-7,10-11,13H2,1-2H3,(H,23,25). The normalized spacial score (nSPS) is 13.1. The highest BCUT2D eigenvalue weighted by atomic mass is 32.1. The molecule has 6 nitrogen and oxygen atoms in total. The van der Waals surface area contributed by atoms with Gasteiger partial charge in [-0.2, -0.15) is 0 Å². The van der Waals surface area contributed by atoms with E-state index in [1.807, 2.05) is 49.6 Å². The average Bonchev–Trinajstić information content (AvgIpc) is 3.36. The molecule has 0 atom stereocenters. The van der Waals surface area contributed by atoms with Gasteiger partial charge in [-0.05, 0) is 32.3 Å². The van der Waals surface area contributed by atoms with E-state index in [1.165, 1.54) is 17.4 Å². The highest BCUT2D eigenvalue weighted by Gasteiger charge is 2.25.